The summed E-state index contributed by atoms with van der Waals surface area (Å²) in [5, 5.41) is 3.02. The first-order valence-electron chi connectivity index (χ1n) is 9.58. The Balaban J connectivity index is 1.74. The van der Waals surface area contributed by atoms with Crippen LogP contribution in [0.25, 0.3) is 11.1 Å². The number of carbonyl (C=O) groups excluding carboxylic acids is 1. The molecule has 0 fully saturated rings. The molecule has 4 aromatic rings. The van der Waals surface area contributed by atoms with Crippen molar-refractivity contribution >= 4 is 51.4 Å². The number of methoxy groups -OCH3 is 1. The molecule has 31 heavy (non-hydrogen) atoms. The molecule has 4 nitrogen and oxygen atoms in total. The minimum atomic E-state index is -0.237. The van der Waals surface area contributed by atoms with Crippen LogP contribution in [0.1, 0.15) is 10.5 Å². The molecule has 0 saturated heterocycles. The maximum atomic E-state index is 12.7. The quantitative estimate of drug-likeness (QED) is 0.370. The van der Waals surface area contributed by atoms with Gasteiger partial charge in [-0.15, -0.1) is 0 Å². The minimum absolute atomic E-state index is 0.0298. The monoisotopic (exact) mass is 538 g/mol. The van der Waals surface area contributed by atoms with Crippen LogP contribution in [0.15, 0.2) is 95.6 Å². The van der Waals surface area contributed by atoms with E-state index in [-0.39, 0.29) is 20.9 Å². The molecule has 0 bridgehead atoms. The number of anilines is 1. The Bertz CT molecular complexity index is 1220. The predicted molar refractivity (Wildman–Crippen MR) is 130 cm³/mol. The predicted octanol–water partition coefficient (Wildman–Crippen LogP) is 4.43. The summed E-state index contributed by atoms with van der Waals surface area (Å²) in [6.45, 7) is 0. The van der Waals surface area contributed by atoms with Gasteiger partial charge in [-0.3, -0.25) is 0 Å². The molecule has 0 atom stereocenters. The third-order valence-corrected chi connectivity index (χ3v) is 8.27. The van der Waals surface area contributed by atoms with Gasteiger partial charge in [0, 0.05) is 0 Å². The normalized spacial score (nSPS) is 10.5. The van der Waals surface area contributed by atoms with Crippen molar-refractivity contribution in [1.29, 1.82) is 0 Å². The van der Waals surface area contributed by atoms with E-state index in [0.29, 0.717) is 5.69 Å². The second-order valence-electron chi connectivity index (χ2n) is 6.61. The van der Waals surface area contributed by atoms with Crippen LogP contribution in [0.4, 0.5) is 5.69 Å². The summed E-state index contributed by atoms with van der Waals surface area (Å²) in [7, 11) is 1.67. The van der Waals surface area contributed by atoms with Gasteiger partial charge < -0.3 is 0 Å². The van der Waals surface area contributed by atoms with Gasteiger partial charge in [0.05, 0.1) is 0 Å². The fourth-order valence-electron chi connectivity index (χ4n) is 3.09. The summed E-state index contributed by atoms with van der Waals surface area (Å²) in [6.07, 6.45) is 1.61. The zero-order valence-electron chi connectivity index (χ0n) is 16.7. The number of ether oxygens (including phenoxy) is 1. The van der Waals surface area contributed by atoms with Crippen LogP contribution in [-0.2, 0) is 0 Å². The topological polar surface area (TPSA) is 51.2 Å². The second kappa shape index (κ2) is 9.92. The Labute approximate surface area is 196 Å². The molecular weight excluding hydrogens is 519 g/mol. The molecule has 0 aliphatic heterocycles. The average Bonchev–Trinajstić information content (AvgIpc) is 2.81. The molecule has 4 rings (SSSR count). The molecule has 1 amide bonds. The summed E-state index contributed by atoms with van der Waals surface area (Å²) in [5.41, 5.74) is 3.14. The molecule has 1 N–H and O–H groups in total. The van der Waals surface area contributed by atoms with Gasteiger partial charge >= 0.3 is 197 Å². The van der Waals surface area contributed by atoms with Crippen molar-refractivity contribution in [1.82, 2.24) is 4.98 Å². The van der Waals surface area contributed by atoms with E-state index >= 15 is 0 Å². The zero-order valence-corrected chi connectivity index (χ0v) is 20.0. The fraction of sp³-hybridized carbons (Fsp3) is 0.0400. The first-order valence-corrected chi connectivity index (χ1v) is 12.1. The number of hydrogen-bond acceptors (Lipinski definition) is 3. The summed E-state index contributed by atoms with van der Waals surface area (Å²) in [4.78, 5) is 16.9. The van der Waals surface area contributed by atoms with Gasteiger partial charge in [0.2, 0.25) is 0 Å². The van der Waals surface area contributed by atoms with E-state index in [9.17, 15) is 4.79 Å². The Morgan fingerprint density at radius 1 is 0.903 bits per heavy atom. The van der Waals surface area contributed by atoms with Gasteiger partial charge in [0.1, 0.15) is 0 Å². The zero-order chi connectivity index (χ0) is 21.6. The van der Waals surface area contributed by atoms with E-state index in [1.165, 1.54) is 8.92 Å². The van der Waals surface area contributed by atoms with E-state index in [1.54, 1.807) is 31.5 Å². The van der Waals surface area contributed by atoms with E-state index in [0.717, 1.165) is 27.0 Å². The summed E-state index contributed by atoms with van der Waals surface area (Å²) in [6, 6.07) is 27.4. The molecular formula is C25H19BrN2O2Se. The fourth-order valence-corrected chi connectivity index (χ4v) is 5.92. The van der Waals surface area contributed by atoms with Crippen LogP contribution in [0, 0.1) is 0 Å². The van der Waals surface area contributed by atoms with E-state index in [2.05, 4.69) is 50.5 Å². The molecule has 0 saturated carbocycles. The number of halogens is 1. The van der Waals surface area contributed by atoms with Gasteiger partial charge in [-0.25, -0.2) is 0 Å². The summed E-state index contributed by atoms with van der Waals surface area (Å²) in [5.74, 6) is 0.571. The molecule has 0 unspecified atom stereocenters. The molecule has 0 spiro atoms. The van der Waals surface area contributed by atoms with Crippen molar-refractivity contribution in [2.24, 2.45) is 0 Å². The van der Waals surface area contributed by atoms with Crippen LogP contribution in [0.3, 0.4) is 0 Å². The molecule has 6 heteroatoms. The number of pyridine rings is 1. The van der Waals surface area contributed by atoms with Crippen molar-refractivity contribution in [3.8, 4) is 16.9 Å². The number of rotatable bonds is 6. The van der Waals surface area contributed by atoms with Gasteiger partial charge in [0.15, 0.2) is 0 Å². The molecule has 154 valence electrons. The Kier molecular flexibility index (Phi) is 6.82. The van der Waals surface area contributed by atoms with Gasteiger partial charge in [0.25, 0.3) is 0 Å². The van der Waals surface area contributed by atoms with Crippen LogP contribution in [0.2, 0.25) is 0 Å². The number of benzene rings is 3. The second-order valence-corrected chi connectivity index (χ2v) is 9.74. The number of para-hydroxylation sites is 1. The average molecular weight is 538 g/mol. The molecule has 3 aromatic carbocycles. The van der Waals surface area contributed by atoms with Crippen molar-refractivity contribution in [3.63, 3.8) is 0 Å². The third-order valence-electron chi connectivity index (χ3n) is 4.61. The molecule has 1 heterocycles. The number of amides is 1. The summed E-state index contributed by atoms with van der Waals surface area (Å²) >= 11 is 3.69. The maximum absolute atomic E-state index is 12.7. The number of nitrogens with one attached hydrogen (secondary N) is 1. The molecule has 1 aromatic heterocycles. The van der Waals surface area contributed by atoms with Crippen molar-refractivity contribution in [2.45, 2.75) is 0 Å². The van der Waals surface area contributed by atoms with Gasteiger partial charge in [-0.2, -0.15) is 0 Å². The Morgan fingerprint density at radius 2 is 1.68 bits per heavy atom. The number of nitrogens with zero attached hydrogens (tertiary/aromatic N) is 1. The van der Waals surface area contributed by atoms with Crippen molar-refractivity contribution in [3.05, 3.63) is 101 Å². The standard InChI is InChI=1S/C25H19BrN2O2Se/c1-30-17-13-14-19(24(16-17)31-23-12-5-3-9-20(23)26)18-8-2-4-10-21(18)28-25(29)22-11-6-7-15-27-22/h2-16H,1H3,(H,28,29). The first kappa shape index (κ1) is 21.3. The molecule has 0 radical (unpaired) electrons. The van der Waals surface area contributed by atoms with Gasteiger partial charge in [-0.1, -0.05) is 0 Å². The van der Waals surface area contributed by atoms with E-state index in [1.807, 2.05) is 42.5 Å². The van der Waals surface area contributed by atoms with E-state index in [4.69, 9.17) is 4.74 Å². The molecule has 0 aliphatic rings. The van der Waals surface area contributed by atoms with Crippen molar-refractivity contribution in [2.75, 3.05) is 12.4 Å². The number of hydrogen-bond donors (Lipinski definition) is 1. The first-order chi connectivity index (χ1) is 15.2. The third kappa shape index (κ3) is 5.05. The van der Waals surface area contributed by atoms with Crippen LogP contribution in [-0.4, -0.2) is 33.0 Å². The van der Waals surface area contributed by atoms with Crippen LogP contribution in [0.5, 0.6) is 5.75 Å². The molecule has 0 aliphatic carbocycles. The summed E-state index contributed by atoms with van der Waals surface area (Å²) < 4.78 is 8.97. The Morgan fingerprint density at radius 3 is 2.45 bits per heavy atom. The SMILES string of the molecule is COc1ccc(-c2ccccc2NC(=O)c2ccccn2)c([Se]c2ccccc2Br)c1. The van der Waals surface area contributed by atoms with E-state index < -0.39 is 0 Å². The Hall–Kier alpha value is -2.92. The van der Waals surface area contributed by atoms with Crippen LogP contribution >= 0.6 is 15.9 Å². The number of aromatic nitrogens is 1. The number of carbonyl (C=O) groups is 1. The van der Waals surface area contributed by atoms with Crippen molar-refractivity contribution < 1.29 is 9.53 Å². The van der Waals surface area contributed by atoms with Crippen LogP contribution < -0.4 is 19.0 Å². The van der Waals surface area contributed by atoms with Gasteiger partial charge in [-0.05, 0) is 0 Å².